The first-order valence-electron chi connectivity index (χ1n) is 7.92. The Bertz CT molecular complexity index is 336. The Morgan fingerprint density at radius 3 is 2.48 bits per heavy atom. The molecule has 1 heterocycles. The van der Waals surface area contributed by atoms with E-state index in [-0.39, 0.29) is 11.6 Å². The lowest BCUT2D eigenvalue weighted by Crippen LogP contribution is -2.56. The molecule has 1 amide bonds. The van der Waals surface area contributed by atoms with Crippen molar-refractivity contribution in [3.8, 4) is 0 Å². The van der Waals surface area contributed by atoms with Crippen molar-refractivity contribution in [1.82, 2.24) is 10.6 Å². The molecular weight excluding hydrogens is 284 g/mol. The largest absolute Gasteiger partial charge is 0.444 e. The molecule has 5 heteroatoms. The number of ether oxygens (including phenoxy) is 1. The standard InChI is InChI=1S/C16H32N2O2S/c1-12(2)16(6,18-9-13-7-8-21-10-13)11-17-14(19)20-15(3,4)5/h12-13,18H,7-11H2,1-6H3,(H,17,19). The summed E-state index contributed by atoms with van der Waals surface area (Å²) < 4.78 is 5.31. The van der Waals surface area contributed by atoms with Crippen LogP contribution in [-0.4, -0.2) is 41.8 Å². The third kappa shape index (κ3) is 6.92. The van der Waals surface area contributed by atoms with E-state index < -0.39 is 5.60 Å². The summed E-state index contributed by atoms with van der Waals surface area (Å²) in [7, 11) is 0. The molecule has 2 N–H and O–H groups in total. The van der Waals surface area contributed by atoms with E-state index in [1.165, 1.54) is 17.9 Å². The van der Waals surface area contributed by atoms with Crippen molar-refractivity contribution in [3.05, 3.63) is 0 Å². The van der Waals surface area contributed by atoms with Crippen molar-refractivity contribution in [3.63, 3.8) is 0 Å². The lowest BCUT2D eigenvalue weighted by atomic mass is 9.87. The number of hydrogen-bond acceptors (Lipinski definition) is 4. The Morgan fingerprint density at radius 1 is 1.33 bits per heavy atom. The summed E-state index contributed by atoms with van der Waals surface area (Å²) in [5.41, 5.74) is -0.559. The average Bonchev–Trinajstić information content (AvgIpc) is 2.84. The van der Waals surface area contributed by atoms with E-state index in [1.54, 1.807) is 0 Å². The highest BCUT2D eigenvalue weighted by Crippen LogP contribution is 2.24. The Labute approximate surface area is 134 Å². The molecule has 21 heavy (non-hydrogen) atoms. The normalized spacial score (nSPS) is 22.1. The first-order valence-corrected chi connectivity index (χ1v) is 9.07. The van der Waals surface area contributed by atoms with Crippen LogP contribution in [0.4, 0.5) is 4.79 Å². The van der Waals surface area contributed by atoms with Gasteiger partial charge in [0.1, 0.15) is 5.60 Å². The average molecular weight is 317 g/mol. The molecule has 0 aliphatic carbocycles. The number of rotatable bonds is 6. The lowest BCUT2D eigenvalue weighted by Gasteiger charge is -2.36. The van der Waals surface area contributed by atoms with Crippen LogP contribution >= 0.6 is 11.8 Å². The van der Waals surface area contributed by atoms with Gasteiger partial charge in [-0.25, -0.2) is 4.79 Å². The Balaban J connectivity index is 2.45. The Hall–Kier alpha value is -0.420. The van der Waals surface area contributed by atoms with Gasteiger partial charge in [0.05, 0.1) is 0 Å². The van der Waals surface area contributed by atoms with Crippen molar-refractivity contribution in [2.75, 3.05) is 24.6 Å². The SMILES string of the molecule is CC(C)C(C)(CNC(=O)OC(C)(C)C)NCC1CCSC1. The van der Waals surface area contributed by atoms with E-state index in [0.717, 1.165) is 12.5 Å². The maximum atomic E-state index is 11.8. The van der Waals surface area contributed by atoms with E-state index in [1.807, 2.05) is 32.5 Å². The molecule has 0 radical (unpaired) electrons. The summed E-state index contributed by atoms with van der Waals surface area (Å²) in [6.07, 6.45) is 0.957. The van der Waals surface area contributed by atoms with Crippen molar-refractivity contribution in [2.24, 2.45) is 11.8 Å². The summed E-state index contributed by atoms with van der Waals surface area (Å²) in [4.78, 5) is 11.8. The van der Waals surface area contributed by atoms with E-state index >= 15 is 0 Å². The van der Waals surface area contributed by atoms with Crippen molar-refractivity contribution in [2.45, 2.75) is 59.1 Å². The smallest absolute Gasteiger partial charge is 0.407 e. The lowest BCUT2D eigenvalue weighted by molar-refractivity contribution is 0.0502. The number of alkyl carbamates (subject to hydrolysis) is 1. The maximum absolute atomic E-state index is 11.8. The maximum Gasteiger partial charge on any atom is 0.407 e. The van der Waals surface area contributed by atoms with Gasteiger partial charge in [0, 0.05) is 12.1 Å². The summed E-state index contributed by atoms with van der Waals surface area (Å²) in [6, 6.07) is 0. The zero-order valence-electron chi connectivity index (χ0n) is 14.4. The molecule has 1 aliphatic heterocycles. The Morgan fingerprint density at radius 2 is 2.00 bits per heavy atom. The minimum absolute atomic E-state index is 0.107. The van der Waals surface area contributed by atoms with Gasteiger partial charge in [-0.3, -0.25) is 0 Å². The topological polar surface area (TPSA) is 50.4 Å². The monoisotopic (exact) mass is 316 g/mol. The van der Waals surface area contributed by atoms with E-state index in [0.29, 0.717) is 12.5 Å². The zero-order chi connectivity index (χ0) is 16.1. The minimum atomic E-state index is -0.452. The number of amides is 1. The van der Waals surface area contributed by atoms with Crippen LogP contribution < -0.4 is 10.6 Å². The van der Waals surface area contributed by atoms with Crippen molar-refractivity contribution < 1.29 is 9.53 Å². The van der Waals surface area contributed by atoms with Gasteiger partial charge < -0.3 is 15.4 Å². The first-order chi connectivity index (χ1) is 9.62. The number of hydrogen-bond donors (Lipinski definition) is 2. The summed E-state index contributed by atoms with van der Waals surface area (Å²) >= 11 is 2.04. The van der Waals surface area contributed by atoms with Gasteiger partial charge in [0.15, 0.2) is 0 Å². The molecule has 0 bridgehead atoms. The number of carbonyl (C=O) groups is 1. The van der Waals surface area contributed by atoms with Crippen LogP contribution in [0.25, 0.3) is 0 Å². The number of carbonyl (C=O) groups excluding carboxylic acids is 1. The fraction of sp³-hybridized carbons (Fsp3) is 0.938. The second-order valence-corrected chi connectivity index (χ2v) is 8.69. The fourth-order valence-electron chi connectivity index (χ4n) is 2.16. The van der Waals surface area contributed by atoms with Gasteiger partial charge >= 0.3 is 6.09 Å². The molecule has 0 spiro atoms. The molecular formula is C16H32N2O2S. The molecule has 4 nitrogen and oxygen atoms in total. The van der Waals surface area contributed by atoms with Crippen LogP contribution in [0.5, 0.6) is 0 Å². The van der Waals surface area contributed by atoms with Crippen molar-refractivity contribution in [1.29, 1.82) is 0 Å². The molecule has 1 aliphatic rings. The van der Waals surface area contributed by atoms with E-state index in [2.05, 4.69) is 31.4 Å². The zero-order valence-corrected chi connectivity index (χ0v) is 15.2. The van der Waals surface area contributed by atoms with Gasteiger partial charge in [0.2, 0.25) is 0 Å². The Kier molecular flexibility index (Phi) is 6.85. The molecule has 1 rings (SSSR count). The molecule has 0 saturated carbocycles. The van der Waals surface area contributed by atoms with Gasteiger partial charge in [-0.15, -0.1) is 0 Å². The first kappa shape index (κ1) is 18.6. The summed E-state index contributed by atoms with van der Waals surface area (Å²) in [6.45, 7) is 13.8. The minimum Gasteiger partial charge on any atom is -0.444 e. The number of nitrogens with one attached hydrogen (secondary N) is 2. The predicted octanol–water partition coefficient (Wildman–Crippen LogP) is 3.27. The molecule has 0 aromatic rings. The summed E-state index contributed by atoms with van der Waals surface area (Å²) in [5.74, 6) is 3.72. The van der Waals surface area contributed by atoms with E-state index in [9.17, 15) is 4.79 Å². The molecule has 124 valence electrons. The van der Waals surface area contributed by atoms with Crippen LogP contribution in [0.2, 0.25) is 0 Å². The van der Waals surface area contributed by atoms with Gasteiger partial charge in [-0.05, 0) is 64.0 Å². The van der Waals surface area contributed by atoms with Gasteiger partial charge in [0.25, 0.3) is 0 Å². The molecule has 0 aromatic heterocycles. The third-order valence-electron chi connectivity index (χ3n) is 4.09. The van der Waals surface area contributed by atoms with Gasteiger partial charge in [-0.2, -0.15) is 11.8 Å². The highest BCUT2D eigenvalue weighted by atomic mass is 32.2. The second-order valence-electron chi connectivity index (χ2n) is 7.54. The quantitative estimate of drug-likeness (QED) is 0.789. The highest BCUT2D eigenvalue weighted by Gasteiger charge is 2.30. The van der Waals surface area contributed by atoms with Crippen molar-refractivity contribution >= 4 is 17.9 Å². The highest BCUT2D eigenvalue weighted by molar-refractivity contribution is 7.99. The van der Waals surface area contributed by atoms with Crippen LogP contribution in [0.1, 0.15) is 48.0 Å². The van der Waals surface area contributed by atoms with E-state index in [4.69, 9.17) is 4.74 Å². The summed E-state index contributed by atoms with van der Waals surface area (Å²) in [5, 5.41) is 6.58. The van der Waals surface area contributed by atoms with Crippen LogP contribution in [0.3, 0.4) is 0 Å². The molecule has 2 unspecified atom stereocenters. The van der Waals surface area contributed by atoms with Crippen LogP contribution in [0.15, 0.2) is 0 Å². The molecule has 1 fully saturated rings. The molecule has 2 atom stereocenters. The molecule has 0 aromatic carbocycles. The predicted molar refractivity (Wildman–Crippen MR) is 90.9 cm³/mol. The third-order valence-corrected chi connectivity index (χ3v) is 5.32. The van der Waals surface area contributed by atoms with Gasteiger partial charge in [-0.1, -0.05) is 13.8 Å². The number of thioether (sulfide) groups is 1. The van der Waals surface area contributed by atoms with Crippen LogP contribution in [0, 0.1) is 11.8 Å². The van der Waals surface area contributed by atoms with Crippen LogP contribution in [-0.2, 0) is 4.74 Å². The fourth-order valence-corrected chi connectivity index (χ4v) is 3.45. The second kappa shape index (κ2) is 7.73. The molecule has 1 saturated heterocycles.